The van der Waals surface area contributed by atoms with E-state index in [0.717, 1.165) is 0 Å². The van der Waals surface area contributed by atoms with Gasteiger partial charge in [-0.1, -0.05) is 6.07 Å². The molecule has 7 nitrogen and oxygen atoms in total. The van der Waals surface area contributed by atoms with E-state index in [1.807, 2.05) is 0 Å². The predicted molar refractivity (Wildman–Crippen MR) is 85.2 cm³/mol. The van der Waals surface area contributed by atoms with E-state index in [1.165, 1.54) is 12.4 Å². The number of amides is 1. The van der Waals surface area contributed by atoms with Crippen molar-refractivity contribution < 1.29 is 9.53 Å². The first-order valence-electron chi connectivity index (χ1n) is 6.78. The molecule has 23 heavy (non-hydrogen) atoms. The van der Waals surface area contributed by atoms with Gasteiger partial charge in [0.25, 0.3) is 5.91 Å². The van der Waals surface area contributed by atoms with Gasteiger partial charge in [-0.05, 0) is 24.3 Å². The molecule has 0 unspecified atom stereocenters. The highest BCUT2D eigenvalue weighted by molar-refractivity contribution is 6.04. The first-order valence-corrected chi connectivity index (χ1v) is 6.78. The summed E-state index contributed by atoms with van der Waals surface area (Å²) in [7, 11) is 0. The van der Waals surface area contributed by atoms with Crippen LogP contribution in [0, 0.1) is 0 Å². The lowest BCUT2D eigenvalue weighted by Gasteiger charge is -2.08. The molecule has 0 atom stereocenters. The van der Waals surface area contributed by atoms with Crippen molar-refractivity contribution in [2.24, 2.45) is 0 Å². The molecule has 0 spiro atoms. The molecule has 3 rings (SSSR count). The number of nitrogens with one attached hydrogen (secondary N) is 1. The molecule has 2 aromatic heterocycles. The van der Waals surface area contributed by atoms with Crippen molar-refractivity contribution in [2.75, 3.05) is 11.1 Å². The van der Waals surface area contributed by atoms with Crippen LogP contribution in [0.15, 0.2) is 61.1 Å². The Hall–Kier alpha value is -3.48. The number of hydrogen-bond donors (Lipinski definition) is 2. The maximum atomic E-state index is 12.2. The number of pyridine rings is 1. The number of rotatable bonds is 4. The summed E-state index contributed by atoms with van der Waals surface area (Å²) >= 11 is 0. The fourth-order valence-electron chi connectivity index (χ4n) is 1.89. The Morgan fingerprint density at radius 3 is 2.70 bits per heavy atom. The number of hydrogen-bond acceptors (Lipinski definition) is 6. The SMILES string of the molecule is Nc1cccc(C(=O)Nc2cc(Oc3ccnnc3)ccn2)c1. The largest absolute Gasteiger partial charge is 0.455 e. The van der Waals surface area contributed by atoms with Crippen molar-refractivity contribution in [2.45, 2.75) is 0 Å². The van der Waals surface area contributed by atoms with Gasteiger partial charge in [0.05, 0.1) is 12.4 Å². The average molecular weight is 307 g/mol. The van der Waals surface area contributed by atoms with Crippen molar-refractivity contribution in [3.8, 4) is 11.5 Å². The first-order chi connectivity index (χ1) is 11.2. The Kier molecular flexibility index (Phi) is 4.10. The number of ether oxygens (including phenoxy) is 1. The van der Waals surface area contributed by atoms with Crippen molar-refractivity contribution in [3.05, 3.63) is 66.6 Å². The normalized spacial score (nSPS) is 10.1. The van der Waals surface area contributed by atoms with Gasteiger partial charge in [0.2, 0.25) is 0 Å². The van der Waals surface area contributed by atoms with E-state index in [2.05, 4.69) is 20.5 Å². The molecule has 0 radical (unpaired) electrons. The van der Waals surface area contributed by atoms with E-state index in [1.54, 1.807) is 48.7 Å². The third-order valence-corrected chi connectivity index (χ3v) is 2.91. The van der Waals surface area contributed by atoms with Gasteiger partial charge in [0, 0.05) is 29.6 Å². The first kappa shape index (κ1) is 14.5. The molecule has 7 heteroatoms. The van der Waals surface area contributed by atoms with Crippen molar-refractivity contribution >= 4 is 17.4 Å². The molecular formula is C16H13N5O2. The van der Waals surface area contributed by atoms with Crippen LogP contribution in [0.2, 0.25) is 0 Å². The van der Waals surface area contributed by atoms with Gasteiger partial charge >= 0.3 is 0 Å². The zero-order valence-corrected chi connectivity index (χ0v) is 12.0. The molecule has 0 aliphatic carbocycles. The van der Waals surface area contributed by atoms with Crippen LogP contribution < -0.4 is 15.8 Å². The highest BCUT2D eigenvalue weighted by Gasteiger charge is 2.08. The van der Waals surface area contributed by atoms with Gasteiger partial charge in [-0.15, -0.1) is 0 Å². The molecule has 0 fully saturated rings. The second-order valence-electron chi connectivity index (χ2n) is 4.64. The summed E-state index contributed by atoms with van der Waals surface area (Å²) in [6, 6.07) is 11.7. The number of carbonyl (C=O) groups is 1. The highest BCUT2D eigenvalue weighted by Crippen LogP contribution is 2.22. The van der Waals surface area contributed by atoms with Crippen LogP contribution in [0.3, 0.4) is 0 Å². The van der Waals surface area contributed by atoms with E-state index >= 15 is 0 Å². The summed E-state index contributed by atoms with van der Waals surface area (Å²) in [4.78, 5) is 16.3. The Labute approximate surface area is 132 Å². The third kappa shape index (κ3) is 3.79. The van der Waals surface area contributed by atoms with E-state index in [0.29, 0.717) is 28.6 Å². The minimum atomic E-state index is -0.299. The molecule has 0 bridgehead atoms. The smallest absolute Gasteiger partial charge is 0.256 e. The fourth-order valence-corrected chi connectivity index (χ4v) is 1.89. The van der Waals surface area contributed by atoms with Crippen LogP contribution in [-0.4, -0.2) is 21.1 Å². The number of nitrogen functional groups attached to an aromatic ring is 1. The molecule has 0 saturated carbocycles. The van der Waals surface area contributed by atoms with Crippen LogP contribution in [0.25, 0.3) is 0 Å². The van der Waals surface area contributed by atoms with Gasteiger partial charge in [-0.3, -0.25) is 4.79 Å². The predicted octanol–water partition coefficient (Wildman–Crippen LogP) is 2.50. The summed E-state index contributed by atoms with van der Waals surface area (Å²) in [5.74, 6) is 1.14. The zero-order chi connectivity index (χ0) is 16.1. The van der Waals surface area contributed by atoms with E-state index < -0.39 is 0 Å². The molecule has 0 saturated heterocycles. The monoisotopic (exact) mass is 307 g/mol. The maximum absolute atomic E-state index is 12.2. The second kappa shape index (κ2) is 6.52. The molecular weight excluding hydrogens is 294 g/mol. The van der Waals surface area contributed by atoms with Gasteiger partial charge < -0.3 is 15.8 Å². The Balaban J connectivity index is 1.74. The number of carbonyl (C=O) groups excluding carboxylic acids is 1. The Morgan fingerprint density at radius 1 is 1.04 bits per heavy atom. The summed E-state index contributed by atoms with van der Waals surface area (Å²) < 4.78 is 5.61. The minimum Gasteiger partial charge on any atom is -0.455 e. The van der Waals surface area contributed by atoms with Crippen LogP contribution in [0.4, 0.5) is 11.5 Å². The van der Waals surface area contributed by atoms with Gasteiger partial charge in [-0.25, -0.2) is 4.98 Å². The van der Waals surface area contributed by atoms with Gasteiger partial charge in [0.1, 0.15) is 17.3 Å². The summed E-state index contributed by atoms with van der Waals surface area (Å²) in [6.45, 7) is 0. The van der Waals surface area contributed by atoms with Gasteiger partial charge in [0.15, 0.2) is 0 Å². The zero-order valence-electron chi connectivity index (χ0n) is 12.0. The van der Waals surface area contributed by atoms with Crippen molar-refractivity contribution in [1.82, 2.24) is 15.2 Å². The van der Waals surface area contributed by atoms with Crippen LogP contribution in [0.5, 0.6) is 11.5 Å². The Morgan fingerprint density at radius 2 is 1.91 bits per heavy atom. The number of aromatic nitrogens is 3. The van der Waals surface area contributed by atoms with E-state index in [9.17, 15) is 4.79 Å². The van der Waals surface area contributed by atoms with Crippen LogP contribution in [-0.2, 0) is 0 Å². The number of nitrogens with two attached hydrogens (primary N) is 1. The quantitative estimate of drug-likeness (QED) is 0.718. The highest BCUT2D eigenvalue weighted by atomic mass is 16.5. The fraction of sp³-hybridized carbons (Fsp3) is 0. The molecule has 3 N–H and O–H groups in total. The Bertz CT molecular complexity index is 823. The topological polar surface area (TPSA) is 103 Å². The number of benzene rings is 1. The average Bonchev–Trinajstić information content (AvgIpc) is 2.56. The second-order valence-corrected chi connectivity index (χ2v) is 4.64. The number of nitrogens with zero attached hydrogens (tertiary/aromatic N) is 3. The van der Waals surface area contributed by atoms with E-state index in [-0.39, 0.29) is 5.91 Å². The number of anilines is 2. The molecule has 114 valence electrons. The standard InChI is InChI=1S/C16H13N5O2/c17-12-3-1-2-11(8-12)16(22)21-15-9-13(4-6-18-15)23-14-5-7-19-20-10-14/h1-10H,17H2,(H,18,21,22). The molecule has 3 aromatic rings. The summed E-state index contributed by atoms with van der Waals surface area (Å²) in [5.41, 5.74) is 6.65. The van der Waals surface area contributed by atoms with Crippen LogP contribution in [0.1, 0.15) is 10.4 Å². The summed E-state index contributed by atoms with van der Waals surface area (Å²) in [5, 5.41) is 10.1. The lowest BCUT2D eigenvalue weighted by molar-refractivity contribution is 0.102. The van der Waals surface area contributed by atoms with E-state index in [4.69, 9.17) is 10.5 Å². The molecule has 1 amide bonds. The van der Waals surface area contributed by atoms with Crippen LogP contribution >= 0.6 is 0 Å². The molecule has 0 aliphatic heterocycles. The molecule has 0 aliphatic rings. The third-order valence-electron chi connectivity index (χ3n) is 2.91. The molecule has 2 heterocycles. The van der Waals surface area contributed by atoms with Gasteiger partial charge in [-0.2, -0.15) is 10.2 Å². The summed E-state index contributed by atoms with van der Waals surface area (Å²) in [6.07, 6.45) is 4.56. The van der Waals surface area contributed by atoms with Crippen molar-refractivity contribution in [1.29, 1.82) is 0 Å². The lowest BCUT2D eigenvalue weighted by atomic mass is 10.2. The maximum Gasteiger partial charge on any atom is 0.256 e. The van der Waals surface area contributed by atoms with Crippen molar-refractivity contribution in [3.63, 3.8) is 0 Å². The minimum absolute atomic E-state index is 0.299. The lowest BCUT2D eigenvalue weighted by Crippen LogP contribution is -2.13. The molecule has 1 aromatic carbocycles.